The van der Waals surface area contributed by atoms with Gasteiger partial charge in [-0.1, -0.05) is 30.3 Å². The number of nitrogens with zero attached hydrogens (tertiary/aromatic N) is 3. The molecule has 0 saturated carbocycles. The molecule has 0 radical (unpaired) electrons. The molecule has 4 aromatic rings. The maximum absolute atomic E-state index is 13.8. The second-order valence-electron chi connectivity index (χ2n) is 9.86. The number of carbonyl (C=O) groups excluding carboxylic acids is 1. The molecule has 36 heavy (non-hydrogen) atoms. The van der Waals surface area contributed by atoms with E-state index in [0.717, 1.165) is 52.5 Å². The van der Waals surface area contributed by atoms with E-state index in [2.05, 4.69) is 32.8 Å². The van der Waals surface area contributed by atoms with Crippen molar-refractivity contribution in [1.82, 2.24) is 20.2 Å². The molecule has 0 aliphatic carbocycles. The van der Waals surface area contributed by atoms with Crippen LogP contribution in [0.5, 0.6) is 5.75 Å². The molecule has 6 heteroatoms. The number of aromatic nitrogens is 2. The van der Waals surface area contributed by atoms with Gasteiger partial charge in [0.1, 0.15) is 11.4 Å². The normalized spacial score (nSPS) is 23.9. The molecular formula is C30H30N4O2. The Bertz CT molecular complexity index is 1450. The third-order valence-corrected chi connectivity index (χ3v) is 8.03. The van der Waals surface area contributed by atoms with Crippen LogP contribution in [0.15, 0.2) is 79.6 Å². The quantitative estimate of drug-likeness (QED) is 0.388. The topological polar surface area (TPSA) is 67.4 Å². The highest BCUT2D eigenvalue weighted by Gasteiger charge is 2.43. The van der Waals surface area contributed by atoms with E-state index in [4.69, 9.17) is 4.74 Å². The first-order valence-corrected chi connectivity index (χ1v) is 12.6. The molecule has 5 atom stereocenters. The summed E-state index contributed by atoms with van der Waals surface area (Å²) in [5.74, 6) is 1.69. The van der Waals surface area contributed by atoms with Crippen molar-refractivity contribution in [2.45, 2.75) is 24.9 Å². The Morgan fingerprint density at radius 1 is 1.14 bits per heavy atom. The first kappa shape index (κ1) is 22.7. The van der Waals surface area contributed by atoms with Gasteiger partial charge in [-0.3, -0.25) is 19.7 Å². The molecule has 2 aromatic heterocycles. The average molecular weight is 479 g/mol. The summed E-state index contributed by atoms with van der Waals surface area (Å²) in [6.45, 7) is 6.09. The Kier molecular flexibility index (Phi) is 5.89. The van der Waals surface area contributed by atoms with Crippen molar-refractivity contribution in [1.29, 1.82) is 0 Å². The summed E-state index contributed by atoms with van der Waals surface area (Å²) in [6.07, 6.45) is 7.83. The van der Waals surface area contributed by atoms with Crippen LogP contribution < -0.4 is 10.1 Å². The van der Waals surface area contributed by atoms with E-state index >= 15 is 0 Å². The van der Waals surface area contributed by atoms with Gasteiger partial charge in [0.15, 0.2) is 0 Å². The van der Waals surface area contributed by atoms with Gasteiger partial charge in [-0.25, -0.2) is 0 Å². The molecule has 4 unspecified atom stereocenters. The number of hydrogen-bond donors (Lipinski definition) is 1. The highest BCUT2D eigenvalue weighted by Crippen LogP contribution is 2.42. The van der Waals surface area contributed by atoms with Crippen molar-refractivity contribution < 1.29 is 9.53 Å². The van der Waals surface area contributed by atoms with Gasteiger partial charge in [-0.2, -0.15) is 0 Å². The number of amides is 1. The van der Waals surface area contributed by atoms with Crippen molar-refractivity contribution in [3.8, 4) is 5.75 Å². The Labute approximate surface area is 211 Å². The van der Waals surface area contributed by atoms with Gasteiger partial charge in [0.05, 0.1) is 18.7 Å². The molecule has 0 spiro atoms. The summed E-state index contributed by atoms with van der Waals surface area (Å²) in [5, 5.41) is 6.28. The molecule has 3 saturated heterocycles. The highest BCUT2D eigenvalue weighted by molar-refractivity contribution is 6.05. The van der Waals surface area contributed by atoms with Crippen LogP contribution in [0.1, 0.15) is 34.9 Å². The van der Waals surface area contributed by atoms with Crippen LogP contribution in [0.3, 0.4) is 0 Å². The number of fused-ring (bicyclic) bond motifs is 5. The average Bonchev–Trinajstić information content (AvgIpc) is 2.95. The number of benzene rings is 2. The number of methoxy groups -OCH3 is 1. The molecule has 182 valence electrons. The predicted octanol–water partition coefficient (Wildman–Crippen LogP) is 5.16. The first-order valence-electron chi connectivity index (χ1n) is 12.6. The fourth-order valence-corrected chi connectivity index (χ4v) is 6.16. The lowest BCUT2D eigenvalue weighted by atomic mass is 9.73. The van der Waals surface area contributed by atoms with Crippen molar-refractivity contribution in [3.05, 3.63) is 90.9 Å². The van der Waals surface area contributed by atoms with Crippen LogP contribution in [0.4, 0.5) is 0 Å². The number of carbonyl (C=O) groups is 1. The summed E-state index contributed by atoms with van der Waals surface area (Å²) < 4.78 is 5.53. The second-order valence-corrected chi connectivity index (χ2v) is 9.86. The van der Waals surface area contributed by atoms with E-state index in [1.807, 2.05) is 60.8 Å². The van der Waals surface area contributed by atoms with E-state index in [9.17, 15) is 4.79 Å². The van der Waals surface area contributed by atoms with E-state index < -0.39 is 0 Å². The lowest BCUT2D eigenvalue weighted by Crippen LogP contribution is -2.57. The summed E-state index contributed by atoms with van der Waals surface area (Å²) in [7, 11) is 1.67. The number of nitrogens with one attached hydrogen (secondary N) is 1. The van der Waals surface area contributed by atoms with Gasteiger partial charge in [0.25, 0.3) is 5.91 Å². The largest absolute Gasteiger partial charge is 0.497 e. The number of pyridine rings is 2. The van der Waals surface area contributed by atoms with Crippen LogP contribution in [0, 0.1) is 11.8 Å². The van der Waals surface area contributed by atoms with E-state index in [1.54, 1.807) is 13.3 Å². The first-order chi connectivity index (χ1) is 17.7. The minimum atomic E-state index is -0.218. The summed E-state index contributed by atoms with van der Waals surface area (Å²) in [6, 6.07) is 17.8. The highest BCUT2D eigenvalue weighted by atomic mass is 16.5. The Morgan fingerprint density at radius 3 is 2.81 bits per heavy atom. The monoisotopic (exact) mass is 478 g/mol. The molecular weight excluding hydrogens is 448 g/mol. The SMILES string of the molecule is C=CC1CN2CCC1CC2[C@@H](NC(=O)c1nccc2ccccc12)c1ccnc2ccc(OC)cc12. The third-order valence-electron chi connectivity index (χ3n) is 8.03. The summed E-state index contributed by atoms with van der Waals surface area (Å²) >= 11 is 0. The lowest BCUT2D eigenvalue weighted by molar-refractivity contribution is 0.00168. The van der Waals surface area contributed by atoms with Crippen LogP contribution in [-0.2, 0) is 0 Å². The summed E-state index contributed by atoms with van der Waals surface area (Å²) in [5.41, 5.74) is 2.39. The maximum atomic E-state index is 13.8. The minimum Gasteiger partial charge on any atom is -0.497 e. The molecule has 3 aliphatic heterocycles. The molecule has 3 aliphatic rings. The third kappa shape index (κ3) is 3.91. The lowest BCUT2D eigenvalue weighted by Gasteiger charge is -2.51. The second kappa shape index (κ2) is 9.36. The molecule has 7 rings (SSSR count). The number of piperidine rings is 3. The fourth-order valence-electron chi connectivity index (χ4n) is 6.16. The van der Waals surface area contributed by atoms with Gasteiger partial charge in [0.2, 0.25) is 0 Å². The fraction of sp³-hybridized carbons (Fsp3) is 0.300. The zero-order chi connectivity index (χ0) is 24.6. The zero-order valence-corrected chi connectivity index (χ0v) is 20.4. The smallest absolute Gasteiger partial charge is 0.271 e. The van der Waals surface area contributed by atoms with Crippen molar-refractivity contribution in [2.24, 2.45) is 11.8 Å². The zero-order valence-electron chi connectivity index (χ0n) is 20.4. The van der Waals surface area contributed by atoms with Crippen LogP contribution >= 0.6 is 0 Å². The Hall–Kier alpha value is -3.77. The van der Waals surface area contributed by atoms with E-state index in [0.29, 0.717) is 17.5 Å². The Morgan fingerprint density at radius 2 is 2.00 bits per heavy atom. The van der Waals surface area contributed by atoms with E-state index in [1.165, 1.54) is 6.42 Å². The molecule has 2 aromatic carbocycles. The number of ether oxygens (including phenoxy) is 1. The van der Waals surface area contributed by atoms with Crippen LogP contribution in [0.2, 0.25) is 0 Å². The minimum absolute atomic E-state index is 0.160. The number of hydrogen-bond acceptors (Lipinski definition) is 5. The van der Waals surface area contributed by atoms with Gasteiger partial charge < -0.3 is 10.1 Å². The van der Waals surface area contributed by atoms with Gasteiger partial charge in [-0.15, -0.1) is 6.58 Å². The molecule has 2 bridgehead atoms. The van der Waals surface area contributed by atoms with Crippen LogP contribution in [-0.4, -0.2) is 47.0 Å². The van der Waals surface area contributed by atoms with Crippen molar-refractivity contribution >= 4 is 27.6 Å². The predicted molar refractivity (Wildman–Crippen MR) is 142 cm³/mol. The van der Waals surface area contributed by atoms with Crippen LogP contribution in [0.25, 0.3) is 21.7 Å². The van der Waals surface area contributed by atoms with Crippen molar-refractivity contribution in [3.63, 3.8) is 0 Å². The molecule has 3 fully saturated rings. The van der Waals surface area contributed by atoms with Gasteiger partial charge in [-0.05, 0) is 72.5 Å². The Balaban J connectivity index is 1.44. The number of rotatable bonds is 6. The molecule has 1 amide bonds. The van der Waals surface area contributed by atoms with Crippen molar-refractivity contribution in [2.75, 3.05) is 20.2 Å². The summed E-state index contributed by atoms with van der Waals surface area (Å²) in [4.78, 5) is 25.4. The standard InChI is InChI=1S/C30H30N4O2/c1-3-19-18-34-15-12-21(19)16-27(34)28(24-11-14-31-26-9-8-22(36-2)17-25(24)26)33-30(35)29-23-7-5-4-6-20(23)10-13-32-29/h3-11,13-14,17,19,21,27-28H,1,12,15-16,18H2,2H3,(H,33,35)/t19?,21?,27?,28-/m0/s1. The molecule has 6 nitrogen and oxygen atoms in total. The van der Waals surface area contributed by atoms with E-state index in [-0.39, 0.29) is 18.0 Å². The molecule has 5 heterocycles. The molecule has 1 N–H and O–H groups in total. The van der Waals surface area contributed by atoms with Gasteiger partial charge in [0, 0.05) is 35.8 Å². The van der Waals surface area contributed by atoms with Gasteiger partial charge >= 0.3 is 0 Å². The maximum Gasteiger partial charge on any atom is 0.271 e.